The fraction of sp³-hybridized carbons (Fsp3) is 0.714. The van der Waals surface area contributed by atoms with E-state index in [2.05, 4.69) is 21.8 Å². The third-order valence-corrected chi connectivity index (χ3v) is 3.88. The highest BCUT2D eigenvalue weighted by Gasteiger charge is 2.27. The molecule has 5 heteroatoms. The number of anilines is 1. The molecular formula is C14H24N4O. The number of nitrogens with zero attached hydrogens (tertiary/aromatic N) is 3. The van der Waals surface area contributed by atoms with Crippen LogP contribution in [0.5, 0.6) is 5.88 Å². The van der Waals surface area contributed by atoms with Crippen molar-refractivity contribution in [2.75, 3.05) is 24.6 Å². The Balaban J connectivity index is 2.26. The van der Waals surface area contributed by atoms with Gasteiger partial charge in [0.15, 0.2) is 0 Å². The molecule has 1 aromatic rings. The molecule has 19 heavy (non-hydrogen) atoms. The van der Waals surface area contributed by atoms with Crippen LogP contribution in [0, 0.1) is 12.8 Å². The van der Waals surface area contributed by atoms with Crippen molar-refractivity contribution in [3.05, 3.63) is 11.9 Å². The molecule has 1 aromatic heterocycles. The van der Waals surface area contributed by atoms with Crippen LogP contribution >= 0.6 is 0 Å². The lowest BCUT2D eigenvalue weighted by Gasteiger charge is -2.39. The second kappa shape index (κ2) is 6.19. The molecule has 1 fully saturated rings. The van der Waals surface area contributed by atoms with Crippen molar-refractivity contribution >= 4 is 5.82 Å². The second-order valence-electron chi connectivity index (χ2n) is 5.24. The van der Waals surface area contributed by atoms with E-state index in [0.29, 0.717) is 24.4 Å². The van der Waals surface area contributed by atoms with Crippen molar-refractivity contribution in [2.45, 2.75) is 39.7 Å². The van der Waals surface area contributed by atoms with Crippen LogP contribution in [-0.4, -0.2) is 35.7 Å². The van der Waals surface area contributed by atoms with Crippen molar-refractivity contribution in [2.24, 2.45) is 11.7 Å². The summed E-state index contributed by atoms with van der Waals surface area (Å²) in [5.74, 6) is 2.24. The molecule has 0 amide bonds. The van der Waals surface area contributed by atoms with E-state index in [1.54, 1.807) is 6.33 Å². The van der Waals surface area contributed by atoms with Crippen LogP contribution in [0.1, 0.15) is 32.3 Å². The summed E-state index contributed by atoms with van der Waals surface area (Å²) in [5.41, 5.74) is 6.84. The molecule has 0 spiro atoms. The molecule has 2 heterocycles. The molecule has 2 unspecified atom stereocenters. The summed E-state index contributed by atoms with van der Waals surface area (Å²) in [7, 11) is 0. The van der Waals surface area contributed by atoms with E-state index >= 15 is 0 Å². The minimum Gasteiger partial charge on any atom is -0.478 e. The minimum atomic E-state index is 0.492. The lowest BCUT2D eigenvalue weighted by molar-refractivity contribution is 0.322. The van der Waals surface area contributed by atoms with Crippen LogP contribution in [0.2, 0.25) is 0 Å². The first kappa shape index (κ1) is 14.1. The summed E-state index contributed by atoms with van der Waals surface area (Å²) in [4.78, 5) is 11.0. The average Bonchev–Trinajstić information content (AvgIpc) is 2.42. The Bertz CT molecular complexity index is 424. The van der Waals surface area contributed by atoms with E-state index in [9.17, 15) is 0 Å². The van der Waals surface area contributed by atoms with E-state index in [4.69, 9.17) is 10.5 Å². The highest BCUT2D eigenvalue weighted by Crippen LogP contribution is 2.30. The van der Waals surface area contributed by atoms with Gasteiger partial charge in [0, 0.05) is 12.6 Å². The Morgan fingerprint density at radius 3 is 2.89 bits per heavy atom. The van der Waals surface area contributed by atoms with Gasteiger partial charge < -0.3 is 15.4 Å². The summed E-state index contributed by atoms with van der Waals surface area (Å²) < 4.78 is 5.55. The molecular weight excluding hydrogens is 240 g/mol. The topological polar surface area (TPSA) is 64.3 Å². The fourth-order valence-electron chi connectivity index (χ4n) is 2.67. The first-order valence-electron chi connectivity index (χ1n) is 7.08. The molecule has 1 aliphatic heterocycles. The Kier molecular flexibility index (Phi) is 4.58. The second-order valence-corrected chi connectivity index (χ2v) is 5.24. The van der Waals surface area contributed by atoms with Gasteiger partial charge in [-0.1, -0.05) is 0 Å². The van der Waals surface area contributed by atoms with Crippen LogP contribution in [-0.2, 0) is 0 Å². The van der Waals surface area contributed by atoms with Gasteiger partial charge in [-0.15, -0.1) is 0 Å². The molecule has 0 aromatic carbocycles. The Morgan fingerprint density at radius 1 is 1.42 bits per heavy atom. The van der Waals surface area contributed by atoms with Gasteiger partial charge >= 0.3 is 0 Å². The molecule has 1 aliphatic rings. The minimum absolute atomic E-state index is 0.492. The SMILES string of the molecule is CCOc1ncnc(N2CC(CN)CCC2C)c1C. The summed E-state index contributed by atoms with van der Waals surface area (Å²) >= 11 is 0. The van der Waals surface area contributed by atoms with Gasteiger partial charge in [-0.2, -0.15) is 0 Å². The zero-order valence-corrected chi connectivity index (χ0v) is 12.1. The molecule has 106 valence electrons. The van der Waals surface area contributed by atoms with Crippen LogP contribution in [0.4, 0.5) is 5.82 Å². The molecule has 2 N–H and O–H groups in total. The van der Waals surface area contributed by atoms with Gasteiger partial charge in [0.05, 0.1) is 12.2 Å². The third kappa shape index (κ3) is 2.97. The number of piperidine rings is 1. The van der Waals surface area contributed by atoms with Crippen LogP contribution in [0.25, 0.3) is 0 Å². The normalized spacial score (nSPS) is 23.5. The molecule has 1 saturated heterocycles. The quantitative estimate of drug-likeness (QED) is 0.897. The van der Waals surface area contributed by atoms with E-state index in [1.807, 2.05) is 13.8 Å². The van der Waals surface area contributed by atoms with Gasteiger partial charge in [-0.05, 0) is 46.1 Å². The smallest absolute Gasteiger partial charge is 0.221 e. The predicted molar refractivity (Wildman–Crippen MR) is 76.5 cm³/mol. The van der Waals surface area contributed by atoms with Crippen molar-refractivity contribution < 1.29 is 4.74 Å². The van der Waals surface area contributed by atoms with Crippen molar-refractivity contribution in [1.29, 1.82) is 0 Å². The van der Waals surface area contributed by atoms with Crippen LogP contribution in [0.15, 0.2) is 6.33 Å². The lowest BCUT2D eigenvalue weighted by Crippen LogP contribution is -2.44. The predicted octanol–water partition coefficient (Wildman–Crippen LogP) is 1.75. The van der Waals surface area contributed by atoms with E-state index < -0.39 is 0 Å². The van der Waals surface area contributed by atoms with E-state index in [-0.39, 0.29) is 0 Å². The standard InChI is InChI=1S/C14H24N4O/c1-4-19-14-11(3)13(16-9-17-14)18-8-12(7-15)6-5-10(18)2/h9-10,12H,4-8,15H2,1-3H3. The first-order valence-corrected chi connectivity index (χ1v) is 7.08. The summed E-state index contributed by atoms with van der Waals surface area (Å²) in [6.07, 6.45) is 3.96. The summed E-state index contributed by atoms with van der Waals surface area (Å²) in [6, 6.07) is 0.492. The lowest BCUT2D eigenvalue weighted by atomic mass is 9.93. The number of rotatable bonds is 4. The Hall–Kier alpha value is -1.36. The number of ether oxygens (including phenoxy) is 1. The maximum Gasteiger partial charge on any atom is 0.221 e. The molecule has 0 saturated carbocycles. The summed E-state index contributed by atoms with van der Waals surface area (Å²) in [5, 5.41) is 0. The number of hydrogen-bond acceptors (Lipinski definition) is 5. The molecule has 0 aliphatic carbocycles. The molecule has 2 rings (SSSR count). The average molecular weight is 264 g/mol. The van der Waals surface area contributed by atoms with Gasteiger partial charge in [-0.3, -0.25) is 0 Å². The zero-order chi connectivity index (χ0) is 13.8. The third-order valence-electron chi connectivity index (χ3n) is 3.88. The van der Waals surface area contributed by atoms with Crippen LogP contribution in [0.3, 0.4) is 0 Å². The van der Waals surface area contributed by atoms with Gasteiger partial charge in [0.1, 0.15) is 12.1 Å². The maximum atomic E-state index is 5.82. The van der Waals surface area contributed by atoms with E-state index in [0.717, 1.165) is 30.9 Å². The molecule has 0 radical (unpaired) electrons. The fourth-order valence-corrected chi connectivity index (χ4v) is 2.67. The molecule has 2 atom stereocenters. The molecule has 5 nitrogen and oxygen atoms in total. The Morgan fingerprint density at radius 2 is 2.21 bits per heavy atom. The van der Waals surface area contributed by atoms with Gasteiger partial charge in [0.25, 0.3) is 0 Å². The molecule has 0 bridgehead atoms. The van der Waals surface area contributed by atoms with E-state index in [1.165, 1.54) is 6.42 Å². The van der Waals surface area contributed by atoms with Crippen molar-refractivity contribution in [1.82, 2.24) is 9.97 Å². The van der Waals surface area contributed by atoms with Crippen LogP contribution < -0.4 is 15.4 Å². The summed E-state index contributed by atoms with van der Waals surface area (Å²) in [6.45, 7) is 8.58. The maximum absolute atomic E-state index is 5.82. The van der Waals surface area contributed by atoms with Crippen molar-refractivity contribution in [3.63, 3.8) is 0 Å². The highest BCUT2D eigenvalue weighted by molar-refractivity contribution is 5.51. The monoisotopic (exact) mass is 264 g/mol. The largest absolute Gasteiger partial charge is 0.478 e. The Labute approximate surface area is 115 Å². The van der Waals surface area contributed by atoms with Gasteiger partial charge in [0.2, 0.25) is 5.88 Å². The zero-order valence-electron chi connectivity index (χ0n) is 12.1. The highest BCUT2D eigenvalue weighted by atomic mass is 16.5. The van der Waals surface area contributed by atoms with Crippen molar-refractivity contribution in [3.8, 4) is 5.88 Å². The number of nitrogens with two attached hydrogens (primary N) is 1. The number of aromatic nitrogens is 2. The first-order chi connectivity index (χ1) is 9.17. The number of hydrogen-bond donors (Lipinski definition) is 1. The van der Waals surface area contributed by atoms with Gasteiger partial charge in [-0.25, -0.2) is 9.97 Å².